The first-order chi connectivity index (χ1) is 16.8. The van der Waals surface area contributed by atoms with Gasteiger partial charge in [-0.3, -0.25) is 0 Å². The van der Waals surface area contributed by atoms with Crippen LogP contribution in [0.4, 0.5) is 5.95 Å². The van der Waals surface area contributed by atoms with Gasteiger partial charge in [0.05, 0.1) is 6.04 Å². The van der Waals surface area contributed by atoms with Crippen LogP contribution in [0.5, 0.6) is 0 Å². The predicted molar refractivity (Wildman–Crippen MR) is 152 cm³/mol. The summed E-state index contributed by atoms with van der Waals surface area (Å²) in [7, 11) is 0. The molecule has 0 fully saturated rings. The van der Waals surface area contributed by atoms with Gasteiger partial charge in [-0.15, -0.1) is 0 Å². The van der Waals surface area contributed by atoms with Crippen molar-refractivity contribution in [3.63, 3.8) is 0 Å². The maximum atomic E-state index is 8.84. The Hall–Kier alpha value is -2.07. The van der Waals surface area contributed by atoms with Crippen LogP contribution in [0.2, 0.25) is 0 Å². The molecule has 1 aromatic heterocycles. The maximum Gasteiger partial charge on any atom is 0.223 e. The van der Waals surface area contributed by atoms with E-state index in [1.807, 2.05) is 0 Å². The van der Waals surface area contributed by atoms with Gasteiger partial charge in [0, 0.05) is 23.9 Å². The Balaban J connectivity index is 2.24. The van der Waals surface area contributed by atoms with Crippen molar-refractivity contribution in [1.29, 1.82) is 5.26 Å². The molecule has 1 aromatic rings. The van der Waals surface area contributed by atoms with Crippen molar-refractivity contribution >= 4 is 23.5 Å². The second kappa shape index (κ2) is 19.2. The van der Waals surface area contributed by atoms with Crippen molar-refractivity contribution in [1.82, 2.24) is 9.97 Å². The standard InChI is InChI=1S/C28H48N6S/c1-22(2)10-6-11-23(3)12-7-13-24(4)14-8-15-25(5)16-19-35-20-26(27(30)33-21-29)34-28-31-17-9-18-32-28/h9,16-18,22-24,26H,6-8,10-15,19-20H2,1-5H3,(H2,30,33)(H,31,32,34). The van der Waals surface area contributed by atoms with E-state index in [2.05, 4.69) is 61.0 Å². The molecule has 6 nitrogen and oxygen atoms in total. The predicted octanol–water partition coefficient (Wildman–Crippen LogP) is 7.21. The van der Waals surface area contributed by atoms with E-state index in [0.717, 1.165) is 29.9 Å². The summed E-state index contributed by atoms with van der Waals surface area (Å²) in [5, 5.41) is 12.0. The molecule has 3 unspecified atom stereocenters. The summed E-state index contributed by atoms with van der Waals surface area (Å²) in [6.45, 7) is 11.7. The van der Waals surface area contributed by atoms with E-state index in [4.69, 9.17) is 11.0 Å². The van der Waals surface area contributed by atoms with Gasteiger partial charge in [-0.05, 0) is 43.6 Å². The number of thioether (sulfide) groups is 1. The Labute approximate surface area is 218 Å². The molecule has 196 valence electrons. The van der Waals surface area contributed by atoms with Crippen LogP contribution < -0.4 is 11.1 Å². The molecule has 0 saturated heterocycles. The summed E-state index contributed by atoms with van der Waals surface area (Å²) in [5.41, 5.74) is 7.42. The first-order valence-corrected chi connectivity index (χ1v) is 14.5. The smallest absolute Gasteiger partial charge is 0.223 e. The minimum Gasteiger partial charge on any atom is -0.385 e. The number of nitrogens with one attached hydrogen (secondary N) is 1. The number of allylic oxidation sites excluding steroid dienone is 1. The molecule has 0 saturated carbocycles. The fourth-order valence-corrected chi connectivity index (χ4v) is 5.09. The summed E-state index contributed by atoms with van der Waals surface area (Å²) >= 11 is 1.76. The molecule has 0 aromatic carbocycles. The molecular weight excluding hydrogens is 452 g/mol. The van der Waals surface area contributed by atoms with E-state index in [0.29, 0.717) is 11.7 Å². The molecule has 0 bridgehead atoms. The van der Waals surface area contributed by atoms with Gasteiger partial charge >= 0.3 is 0 Å². The number of amidine groups is 1. The number of hydrogen-bond donors (Lipinski definition) is 2. The first kappa shape index (κ1) is 31.0. The molecule has 1 heterocycles. The first-order valence-electron chi connectivity index (χ1n) is 13.3. The Morgan fingerprint density at radius 1 is 1.06 bits per heavy atom. The minimum atomic E-state index is -0.283. The van der Waals surface area contributed by atoms with Crippen molar-refractivity contribution in [2.24, 2.45) is 28.5 Å². The number of aliphatic imine (C=N–C) groups is 1. The molecule has 0 aliphatic carbocycles. The van der Waals surface area contributed by atoms with E-state index in [1.54, 1.807) is 36.4 Å². The minimum absolute atomic E-state index is 0.257. The topological polar surface area (TPSA) is 100.0 Å². The molecule has 7 heteroatoms. The largest absolute Gasteiger partial charge is 0.385 e. The summed E-state index contributed by atoms with van der Waals surface area (Å²) < 4.78 is 0. The third kappa shape index (κ3) is 16.3. The van der Waals surface area contributed by atoms with Gasteiger partial charge in [-0.2, -0.15) is 22.0 Å². The van der Waals surface area contributed by atoms with Crippen molar-refractivity contribution in [2.45, 2.75) is 98.4 Å². The molecule has 3 atom stereocenters. The van der Waals surface area contributed by atoms with E-state index in [1.165, 1.54) is 56.9 Å². The van der Waals surface area contributed by atoms with Crippen LogP contribution in [-0.4, -0.2) is 33.4 Å². The average Bonchev–Trinajstić information content (AvgIpc) is 2.81. The van der Waals surface area contributed by atoms with Crippen LogP contribution in [0.15, 0.2) is 35.1 Å². The van der Waals surface area contributed by atoms with E-state index in [9.17, 15) is 0 Å². The molecule has 0 amide bonds. The van der Waals surface area contributed by atoms with Crippen molar-refractivity contribution in [2.75, 3.05) is 16.8 Å². The van der Waals surface area contributed by atoms with E-state index < -0.39 is 0 Å². The monoisotopic (exact) mass is 500 g/mol. The van der Waals surface area contributed by atoms with Crippen LogP contribution in [-0.2, 0) is 0 Å². The van der Waals surface area contributed by atoms with Crippen molar-refractivity contribution in [3.8, 4) is 6.19 Å². The van der Waals surface area contributed by atoms with Gasteiger partial charge in [0.1, 0.15) is 5.84 Å². The SMILES string of the molecule is CC(=CCSCC(Nc1ncccn1)/C(N)=N/C#N)CCCC(C)CCCC(C)CCCC(C)C. The molecule has 0 aliphatic rings. The fourth-order valence-electron chi connectivity index (χ4n) is 4.06. The Kier molecular flexibility index (Phi) is 16.9. The number of nitriles is 1. The van der Waals surface area contributed by atoms with Crippen LogP contribution in [0.25, 0.3) is 0 Å². The second-order valence-electron chi connectivity index (χ2n) is 10.4. The summed E-state index contributed by atoms with van der Waals surface area (Å²) in [6, 6.07) is 1.47. The Morgan fingerprint density at radius 2 is 1.66 bits per heavy atom. The molecule has 0 radical (unpaired) electrons. The number of nitrogens with zero attached hydrogens (tertiary/aromatic N) is 4. The zero-order valence-electron chi connectivity index (χ0n) is 22.7. The third-order valence-electron chi connectivity index (χ3n) is 6.38. The lowest BCUT2D eigenvalue weighted by atomic mass is 9.91. The van der Waals surface area contributed by atoms with Crippen molar-refractivity contribution < 1.29 is 0 Å². The lowest BCUT2D eigenvalue weighted by Crippen LogP contribution is -2.38. The second-order valence-corrected chi connectivity index (χ2v) is 11.4. The number of rotatable bonds is 19. The van der Waals surface area contributed by atoms with Crippen LogP contribution in [0.3, 0.4) is 0 Å². The molecule has 35 heavy (non-hydrogen) atoms. The number of aromatic nitrogens is 2. The zero-order chi connectivity index (χ0) is 25.9. The molecular formula is C28H48N6S. The molecule has 0 spiro atoms. The maximum absolute atomic E-state index is 8.84. The van der Waals surface area contributed by atoms with E-state index in [-0.39, 0.29) is 11.9 Å². The normalized spacial score (nSPS) is 15.0. The van der Waals surface area contributed by atoms with Gasteiger partial charge in [0.2, 0.25) is 12.1 Å². The van der Waals surface area contributed by atoms with Gasteiger partial charge in [-0.1, -0.05) is 84.3 Å². The third-order valence-corrected chi connectivity index (χ3v) is 7.35. The van der Waals surface area contributed by atoms with Crippen molar-refractivity contribution in [3.05, 3.63) is 30.1 Å². The summed E-state index contributed by atoms with van der Waals surface area (Å²) in [6.07, 6.45) is 19.4. The molecule has 0 aliphatic heterocycles. The van der Waals surface area contributed by atoms with Gasteiger partial charge in [-0.25, -0.2) is 9.97 Å². The lowest BCUT2D eigenvalue weighted by Gasteiger charge is -2.16. The fraction of sp³-hybridized carbons (Fsp3) is 0.714. The van der Waals surface area contributed by atoms with Gasteiger partial charge < -0.3 is 11.1 Å². The van der Waals surface area contributed by atoms with Gasteiger partial charge in [0.15, 0.2) is 0 Å². The van der Waals surface area contributed by atoms with Gasteiger partial charge in [0.25, 0.3) is 0 Å². The highest BCUT2D eigenvalue weighted by Gasteiger charge is 2.14. The highest BCUT2D eigenvalue weighted by atomic mass is 32.2. The lowest BCUT2D eigenvalue weighted by molar-refractivity contribution is 0.389. The van der Waals surface area contributed by atoms with Crippen LogP contribution in [0, 0.1) is 29.2 Å². The average molecular weight is 501 g/mol. The van der Waals surface area contributed by atoms with Crippen LogP contribution >= 0.6 is 11.8 Å². The zero-order valence-corrected chi connectivity index (χ0v) is 23.5. The number of nitrogens with two attached hydrogens (primary N) is 1. The van der Waals surface area contributed by atoms with E-state index >= 15 is 0 Å². The highest BCUT2D eigenvalue weighted by molar-refractivity contribution is 7.99. The number of anilines is 1. The number of hydrogen-bond acceptors (Lipinski definition) is 6. The highest BCUT2D eigenvalue weighted by Crippen LogP contribution is 2.22. The Morgan fingerprint density at radius 3 is 2.26 bits per heavy atom. The summed E-state index contributed by atoms with van der Waals surface area (Å²) in [4.78, 5) is 12.0. The van der Waals surface area contributed by atoms with Crippen LogP contribution in [0.1, 0.15) is 92.4 Å². The quantitative estimate of drug-likeness (QED) is 0.0684. The molecule has 3 N–H and O–H groups in total. The summed E-state index contributed by atoms with van der Waals surface area (Å²) in [5.74, 6) is 4.86. The Bertz CT molecular complexity index is 771. The molecule has 1 rings (SSSR count).